The van der Waals surface area contributed by atoms with E-state index in [2.05, 4.69) is 20.6 Å². The van der Waals surface area contributed by atoms with Crippen molar-refractivity contribution in [3.63, 3.8) is 0 Å². The standard InChI is InChI=1S/C20H25N5O2/c1-13-14(2)23-24-17(13)9-10-20(26)22-15(3)16-11-21-25(12-16)18-7-5-6-8-19(18)27-4/h5-8,11-12,15H,9-10H2,1-4H3,(H,22,26)(H,23,24)/t15-/m0/s1. The van der Waals surface area contributed by atoms with Crippen LogP contribution in [0, 0.1) is 13.8 Å². The average Bonchev–Trinajstić information content (AvgIpc) is 3.28. The molecule has 0 bridgehead atoms. The molecule has 1 aromatic carbocycles. The molecular weight excluding hydrogens is 342 g/mol. The molecule has 0 radical (unpaired) electrons. The van der Waals surface area contributed by atoms with E-state index in [1.54, 1.807) is 18.0 Å². The van der Waals surface area contributed by atoms with Gasteiger partial charge in [-0.2, -0.15) is 10.2 Å². The summed E-state index contributed by atoms with van der Waals surface area (Å²) in [7, 11) is 1.63. The van der Waals surface area contributed by atoms with Gasteiger partial charge in [-0.15, -0.1) is 0 Å². The summed E-state index contributed by atoms with van der Waals surface area (Å²) in [5.74, 6) is 0.737. The van der Waals surface area contributed by atoms with Gasteiger partial charge in [0.25, 0.3) is 0 Å². The number of aromatic nitrogens is 4. The average molecular weight is 367 g/mol. The molecule has 3 rings (SSSR count). The lowest BCUT2D eigenvalue weighted by molar-refractivity contribution is -0.121. The van der Waals surface area contributed by atoms with Crippen LogP contribution in [0.15, 0.2) is 36.7 Å². The molecule has 1 atom stereocenters. The van der Waals surface area contributed by atoms with Gasteiger partial charge in [-0.05, 0) is 38.5 Å². The smallest absolute Gasteiger partial charge is 0.220 e. The van der Waals surface area contributed by atoms with Crippen LogP contribution in [-0.4, -0.2) is 33.0 Å². The van der Waals surface area contributed by atoms with Crippen LogP contribution in [0.2, 0.25) is 0 Å². The molecule has 0 fully saturated rings. The maximum Gasteiger partial charge on any atom is 0.220 e. The van der Waals surface area contributed by atoms with Gasteiger partial charge in [0.1, 0.15) is 11.4 Å². The SMILES string of the molecule is COc1ccccc1-n1cc([C@H](C)NC(=O)CCc2n[nH]c(C)c2C)cn1. The molecule has 27 heavy (non-hydrogen) atoms. The molecular formula is C20H25N5O2. The fourth-order valence-corrected chi connectivity index (χ4v) is 2.92. The van der Waals surface area contributed by atoms with Crippen LogP contribution in [0.4, 0.5) is 0 Å². The van der Waals surface area contributed by atoms with Crippen LogP contribution in [0.25, 0.3) is 5.69 Å². The largest absolute Gasteiger partial charge is 0.494 e. The second-order valence-corrected chi connectivity index (χ2v) is 6.60. The molecule has 1 amide bonds. The number of hydrogen-bond acceptors (Lipinski definition) is 4. The van der Waals surface area contributed by atoms with Crippen LogP contribution in [0.5, 0.6) is 5.75 Å². The highest BCUT2D eigenvalue weighted by atomic mass is 16.5. The summed E-state index contributed by atoms with van der Waals surface area (Å²) < 4.78 is 7.14. The first-order chi connectivity index (χ1) is 13.0. The third-order valence-electron chi connectivity index (χ3n) is 4.75. The predicted molar refractivity (Wildman–Crippen MR) is 103 cm³/mol. The van der Waals surface area contributed by atoms with Crippen molar-refractivity contribution in [3.05, 3.63) is 59.2 Å². The number of carbonyl (C=O) groups is 1. The molecule has 142 valence electrons. The molecule has 7 nitrogen and oxygen atoms in total. The van der Waals surface area contributed by atoms with Crippen molar-refractivity contribution in [3.8, 4) is 11.4 Å². The summed E-state index contributed by atoms with van der Waals surface area (Å²) >= 11 is 0. The first-order valence-corrected chi connectivity index (χ1v) is 8.97. The van der Waals surface area contributed by atoms with E-state index in [0.29, 0.717) is 12.8 Å². The van der Waals surface area contributed by atoms with Crippen molar-refractivity contribution in [1.82, 2.24) is 25.3 Å². The first kappa shape index (κ1) is 18.7. The maximum atomic E-state index is 12.3. The van der Waals surface area contributed by atoms with Crippen molar-refractivity contribution < 1.29 is 9.53 Å². The number of benzene rings is 1. The van der Waals surface area contributed by atoms with E-state index in [9.17, 15) is 4.79 Å². The Morgan fingerprint density at radius 1 is 1.33 bits per heavy atom. The van der Waals surface area contributed by atoms with Gasteiger partial charge in [-0.25, -0.2) is 4.68 Å². The highest BCUT2D eigenvalue weighted by Gasteiger charge is 2.14. The van der Waals surface area contributed by atoms with Gasteiger partial charge in [0.2, 0.25) is 5.91 Å². The zero-order valence-electron chi connectivity index (χ0n) is 16.1. The summed E-state index contributed by atoms with van der Waals surface area (Å²) in [5, 5.41) is 14.6. The number of methoxy groups -OCH3 is 1. The fourth-order valence-electron chi connectivity index (χ4n) is 2.92. The van der Waals surface area contributed by atoms with E-state index in [1.165, 1.54) is 0 Å². The van der Waals surface area contributed by atoms with E-state index >= 15 is 0 Å². The molecule has 2 aromatic heterocycles. The van der Waals surface area contributed by atoms with Gasteiger partial charge in [0.15, 0.2) is 0 Å². The van der Waals surface area contributed by atoms with Gasteiger partial charge in [-0.1, -0.05) is 12.1 Å². The Balaban J connectivity index is 1.61. The zero-order valence-corrected chi connectivity index (χ0v) is 16.1. The molecule has 0 saturated carbocycles. The van der Waals surface area contributed by atoms with Crippen molar-refractivity contribution in [2.45, 2.75) is 39.7 Å². The lowest BCUT2D eigenvalue weighted by Crippen LogP contribution is -2.26. The second-order valence-electron chi connectivity index (χ2n) is 6.60. The van der Waals surface area contributed by atoms with Crippen LogP contribution in [0.3, 0.4) is 0 Å². The van der Waals surface area contributed by atoms with Crippen molar-refractivity contribution in [1.29, 1.82) is 0 Å². The minimum absolute atomic E-state index is 0.00686. The van der Waals surface area contributed by atoms with Crippen LogP contribution < -0.4 is 10.1 Å². The Labute approximate surface area is 158 Å². The quantitative estimate of drug-likeness (QED) is 0.672. The van der Waals surface area contributed by atoms with E-state index in [4.69, 9.17) is 4.74 Å². The molecule has 0 aliphatic carbocycles. The first-order valence-electron chi connectivity index (χ1n) is 8.97. The third-order valence-corrected chi connectivity index (χ3v) is 4.75. The topological polar surface area (TPSA) is 84.8 Å². The Kier molecular flexibility index (Phi) is 5.59. The van der Waals surface area contributed by atoms with Gasteiger partial charge >= 0.3 is 0 Å². The number of aromatic amines is 1. The summed E-state index contributed by atoms with van der Waals surface area (Å²) in [5.41, 5.74) is 4.89. The molecule has 0 spiro atoms. The van der Waals surface area contributed by atoms with Crippen molar-refractivity contribution in [2.75, 3.05) is 7.11 Å². The lowest BCUT2D eigenvalue weighted by atomic mass is 10.1. The number of ether oxygens (including phenoxy) is 1. The van der Waals surface area contributed by atoms with Crippen molar-refractivity contribution in [2.24, 2.45) is 0 Å². The normalized spacial score (nSPS) is 12.0. The van der Waals surface area contributed by atoms with Gasteiger partial charge < -0.3 is 10.1 Å². The molecule has 7 heteroatoms. The summed E-state index contributed by atoms with van der Waals surface area (Å²) in [6, 6.07) is 7.54. The van der Waals surface area contributed by atoms with Crippen molar-refractivity contribution >= 4 is 5.91 Å². The zero-order chi connectivity index (χ0) is 19.4. The van der Waals surface area contributed by atoms with Gasteiger partial charge in [-0.3, -0.25) is 9.89 Å². The van der Waals surface area contributed by atoms with Crippen LogP contribution >= 0.6 is 0 Å². The molecule has 0 saturated heterocycles. The Morgan fingerprint density at radius 2 is 2.11 bits per heavy atom. The molecule has 2 N–H and O–H groups in total. The summed E-state index contributed by atoms with van der Waals surface area (Å²) in [4.78, 5) is 12.3. The monoisotopic (exact) mass is 367 g/mol. The Hall–Kier alpha value is -3.09. The highest BCUT2D eigenvalue weighted by molar-refractivity contribution is 5.76. The molecule has 0 unspecified atom stereocenters. The number of aryl methyl sites for hydroxylation is 2. The maximum absolute atomic E-state index is 12.3. The van der Waals surface area contributed by atoms with Gasteiger partial charge in [0.05, 0.1) is 25.0 Å². The number of hydrogen-bond donors (Lipinski definition) is 2. The highest BCUT2D eigenvalue weighted by Crippen LogP contribution is 2.23. The minimum Gasteiger partial charge on any atom is -0.494 e. The van der Waals surface area contributed by atoms with E-state index in [1.807, 2.05) is 51.2 Å². The second kappa shape index (κ2) is 8.07. The third kappa shape index (κ3) is 4.19. The van der Waals surface area contributed by atoms with Crippen LogP contribution in [-0.2, 0) is 11.2 Å². The van der Waals surface area contributed by atoms with E-state index in [-0.39, 0.29) is 11.9 Å². The molecule has 0 aliphatic heterocycles. The number of carbonyl (C=O) groups excluding carboxylic acids is 1. The predicted octanol–water partition coefficient (Wildman–Crippen LogP) is 3.03. The van der Waals surface area contributed by atoms with E-state index in [0.717, 1.165) is 34.0 Å². The molecule has 2 heterocycles. The van der Waals surface area contributed by atoms with Crippen LogP contribution in [0.1, 0.15) is 41.9 Å². The summed E-state index contributed by atoms with van der Waals surface area (Å²) in [6.07, 6.45) is 4.69. The number of nitrogens with one attached hydrogen (secondary N) is 2. The Bertz CT molecular complexity index is 928. The molecule has 3 aromatic rings. The number of amides is 1. The number of H-pyrrole nitrogens is 1. The lowest BCUT2D eigenvalue weighted by Gasteiger charge is -2.12. The summed E-state index contributed by atoms with van der Waals surface area (Å²) in [6.45, 7) is 5.94. The minimum atomic E-state index is -0.136. The number of nitrogens with zero attached hydrogens (tertiary/aromatic N) is 3. The number of rotatable bonds is 7. The van der Waals surface area contributed by atoms with E-state index < -0.39 is 0 Å². The number of para-hydroxylation sites is 2. The molecule has 0 aliphatic rings. The Morgan fingerprint density at radius 3 is 2.81 bits per heavy atom. The van der Waals surface area contributed by atoms with Gasteiger partial charge in [0, 0.05) is 30.3 Å². The fraction of sp³-hybridized carbons (Fsp3) is 0.350.